The molecule has 0 heterocycles. The minimum absolute atomic E-state index is 0.234. The SMILES string of the molecule is COc1ccc(C(C)(c2ccc(O)c(-c3ccccc3)c2)c2ccc(O)c(-c3ccccc3)c2)cc1. The van der Waals surface area contributed by atoms with E-state index < -0.39 is 5.41 Å². The van der Waals surface area contributed by atoms with Crippen LogP contribution in [0.2, 0.25) is 0 Å². The molecule has 0 aliphatic carbocycles. The minimum atomic E-state index is -0.583. The molecule has 0 saturated heterocycles. The quantitative estimate of drug-likeness (QED) is 0.248. The summed E-state index contributed by atoms with van der Waals surface area (Å²) in [6, 6.07) is 39.5. The Balaban J connectivity index is 1.74. The van der Waals surface area contributed by atoms with Crippen LogP contribution in [0, 0.1) is 0 Å². The maximum Gasteiger partial charge on any atom is 0.123 e. The summed E-state index contributed by atoms with van der Waals surface area (Å²) in [5.41, 5.74) is 5.97. The summed E-state index contributed by atoms with van der Waals surface area (Å²) < 4.78 is 5.41. The number of phenolic OH excluding ortho intramolecular Hbond substituents is 2. The van der Waals surface area contributed by atoms with E-state index in [0.717, 1.165) is 44.7 Å². The van der Waals surface area contributed by atoms with Gasteiger partial charge in [-0.1, -0.05) is 84.9 Å². The van der Waals surface area contributed by atoms with Crippen molar-refractivity contribution in [3.63, 3.8) is 0 Å². The Kier molecular flexibility index (Phi) is 6.22. The molecule has 36 heavy (non-hydrogen) atoms. The van der Waals surface area contributed by atoms with Crippen LogP contribution in [0.5, 0.6) is 17.2 Å². The molecular formula is C33H28O3. The van der Waals surface area contributed by atoms with Crippen LogP contribution in [0.4, 0.5) is 0 Å². The van der Waals surface area contributed by atoms with E-state index in [9.17, 15) is 10.2 Å². The first-order chi connectivity index (χ1) is 17.5. The van der Waals surface area contributed by atoms with Gasteiger partial charge in [0, 0.05) is 16.5 Å². The molecule has 5 aromatic carbocycles. The number of phenols is 2. The molecule has 0 aliphatic heterocycles. The van der Waals surface area contributed by atoms with Crippen molar-refractivity contribution in [2.24, 2.45) is 0 Å². The van der Waals surface area contributed by atoms with Crippen LogP contribution in [-0.4, -0.2) is 17.3 Å². The van der Waals surface area contributed by atoms with Crippen molar-refractivity contribution in [3.05, 3.63) is 138 Å². The van der Waals surface area contributed by atoms with E-state index in [4.69, 9.17) is 4.74 Å². The van der Waals surface area contributed by atoms with Crippen LogP contribution in [0.15, 0.2) is 121 Å². The molecule has 0 aliphatic rings. The predicted molar refractivity (Wildman–Crippen MR) is 146 cm³/mol. The third kappa shape index (κ3) is 4.20. The van der Waals surface area contributed by atoms with Crippen molar-refractivity contribution >= 4 is 0 Å². The molecule has 0 amide bonds. The molecule has 5 rings (SSSR count). The molecule has 3 heteroatoms. The number of hydrogen-bond acceptors (Lipinski definition) is 3. The van der Waals surface area contributed by atoms with Gasteiger partial charge in [0.15, 0.2) is 0 Å². The summed E-state index contributed by atoms with van der Waals surface area (Å²) in [7, 11) is 1.66. The molecule has 5 aromatic rings. The zero-order valence-electron chi connectivity index (χ0n) is 20.3. The molecule has 0 aromatic heterocycles. The Labute approximate surface area is 211 Å². The highest BCUT2D eigenvalue weighted by molar-refractivity contribution is 5.74. The van der Waals surface area contributed by atoms with Gasteiger partial charge in [-0.25, -0.2) is 0 Å². The summed E-state index contributed by atoms with van der Waals surface area (Å²) in [5, 5.41) is 21.5. The Bertz CT molecular complexity index is 1380. The molecule has 0 radical (unpaired) electrons. The topological polar surface area (TPSA) is 49.7 Å². The molecular weight excluding hydrogens is 444 g/mol. The fraction of sp³-hybridized carbons (Fsp3) is 0.0909. The number of benzene rings is 5. The number of ether oxygens (including phenoxy) is 1. The third-order valence-electron chi connectivity index (χ3n) is 6.98. The largest absolute Gasteiger partial charge is 0.507 e. The fourth-order valence-corrected chi connectivity index (χ4v) is 4.82. The average molecular weight is 473 g/mol. The molecule has 178 valence electrons. The van der Waals surface area contributed by atoms with Gasteiger partial charge in [0.1, 0.15) is 17.2 Å². The van der Waals surface area contributed by atoms with Gasteiger partial charge in [-0.2, -0.15) is 0 Å². The predicted octanol–water partition coefficient (Wildman–Crippen LogP) is 7.79. The van der Waals surface area contributed by atoms with Gasteiger partial charge < -0.3 is 14.9 Å². The third-order valence-corrected chi connectivity index (χ3v) is 6.98. The lowest BCUT2D eigenvalue weighted by Crippen LogP contribution is -2.25. The molecule has 3 nitrogen and oxygen atoms in total. The highest BCUT2D eigenvalue weighted by Crippen LogP contribution is 2.44. The van der Waals surface area contributed by atoms with Crippen molar-refractivity contribution in [2.45, 2.75) is 12.3 Å². The maximum atomic E-state index is 10.7. The summed E-state index contributed by atoms with van der Waals surface area (Å²) in [6.45, 7) is 2.18. The average Bonchev–Trinajstić information content (AvgIpc) is 2.94. The summed E-state index contributed by atoms with van der Waals surface area (Å²) in [6.07, 6.45) is 0. The van der Waals surface area contributed by atoms with E-state index >= 15 is 0 Å². The lowest BCUT2D eigenvalue weighted by molar-refractivity contribution is 0.414. The first-order valence-corrected chi connectivity index (χ1v) is 11.9. The van der Waals surface area contributed by atoms with E-state index in [1.807, 2.05) is 84.9 Å². The molecule has 0 bridgehead atoms. The molecule has 0 fully saturated rings. The van der Waals surface area contributed by atoms with Gasteiger partial charge in [0.2, 0.25) is 0 Å². The number of aromatic hydroxyl groups is 2. The van der Waals surface area contributed by atoms with Crippen LogP contribution >= 0.6 is 0 Å². The lowest BCUT2D eigenvalue weighted by Gasteiger charge is -2.33. The first kappa shape index (κ1) is 23.3. The van der Waals surface area contributed by atoms with E-state index in [1.165, 1.54) is 0 Å². The number of hydrogen-bond donors (Lipinski definition) is 2. The fourth-order valence-electron chi connectivity index (χ4n) is 4.82. The van der Waals surface area contributed by atoms with Gasteiger partial charge in [-0.15, -0.1) is 0 Å². The Morgan fingerprint density at radius 1 is 0.528 bits per heavy atom. The van der Waals surface area contributed by atoms with Crippen molar-refractivity contribution in [1.29, 1.82) is 0 Å². The van der Waals surface area contributed by atoms with Crippen LogP contribution in [0.3, 0.4) is 0 Å². The minimum Gasteiger partial charge on any atom is -0.507 e. The molecule has 0 atom stereocenters. The zero-order valence-corrected chi connectivity index (χ0v) is 20.3. The van der Waals surface area contributed by atoms with E-state index in [2.05, 4.69) is 31.2 Å². The molecule has 0 saturated carbocycles. The van der Waals surface area contributed by atoms with Crippen LogP contribution in [-0.2, 0) is 5.41 Å². The van der Waals surface area contributed by atoms with Gasteiger partial charge in [0.25, 0.3) is 0 Å². The Morgan fingerprint density at radius 3 is 1.36 bits per heavy atom. The highest BCUT2D eigenvalue weighted by Gasteiger charge is 2.33. The highest BCUT2D eigenvalue weighted by atomic mass is 16.5. The number of methoxy groups -OCH3 is 1. The maximum absolute atomic E-state index is 10.7. The van der Waals surface area contributed by atoms with Gasteiger partial charge >= 0.3 is 0 Å². The van der Waals surface area contributed by atoms with E-state index in [0.29, 0.717) is 0 Å². The van der Waals surface area contributed by atoms with Crippen LogP contribution in [0.25, 0.3) is 22.3 Å². The van der Waals surface area contributed by atoms with Crippen molar-refractivity contribution in [2.75, 3.05) is 7.11 Å². The Morgan fingerprint density at radius 2 is 0.944 bits per heavy atom. The first-order valence-electron chi connectivity index (χ1n) is 11.9. The molecule has 0 unspecified atom stereocenters. The smallest absolute Gasteiger partial charge is 0.123 e. The second kappa shape index (κ2) is 9.63. The normalized spacial score (nSPS) is 11.3. The summed E-state index contributed by atoms with van der Waals surface area (Å²) >= 11 is 0. The summed E-state index contributed by atoms with van der Waals surface area (Å²) in [4.78, 5) is 0. The van der Waals surface area contributed by atoms with E-state index in [1.54, 1.807) is 19.2 Å². The van der Waals surface area contributed by atoms with Crippen molar-refractivity contribution in [3.8, 4) is 39.5 Å². The van der Waals surface area contributed by atoms with Crippen molar-refractivity contribution < 1.29 is 14.9 Å². The lowest BCUT2D eigenvalue weighted by atomic mass is 9.70. The van der Waals surface area contributed by atoms with Crippen LogP contribution < -0.4 is 4.74 Å². The number of rotatable bonds is 6. The molecule has 0 spiro atoms. The van der Waals surface area contributed by atoms with E-state index in [-0.39, 0.29) is 11.5 Å². The molecule has 2 N–H and O–H groups in total. The van der Waals surface area contributed by atoms with Crippen LogP contribution in [0.1, 0.15) is 23.6 Å². The van der Waals surface area contributed by atoms with Gasteiger partial charge in [-0.3, -0.25) is 0 Å². The Hall–Kier alpha value is -4.50. The zero-order chi connectivity index (χ0) is 25.1. The van der Waals surface area contributed by atoms with Gasteiger partial charge in [0.05, 0.1) is 7.11 Å². The second-order valence-electron chi connectivity index (χ2n) is 9.05. The standard InChI is InChI=1S/C33H28O3/c1-33(25-13-17-28(36-2)18-14-25,26-15-19-31(34)29(21-26)23-9-5-3-6-10-23)27-16-20-32(35)30(22-27)24-11-7-4-8-12-24/h3-22,34-35H,1-2H3. The summed E-state index contributed by atoms with van der Waals surface area (Å²) in [5.74, 6) is 1.25. The monoisotopic (exact) mass is 472 g/mol. The second-order valence-corrected chi connectivity index (χ2v) is 9.05. The van der Waals surface area contributed by atoms with Gasteiger partial charge in [-0.05, 0) is 71.1 Å². The van der Waals surface area contributed by atoms with Crippen molar-refractivity contribution in [1.82, 2.24) is 0 Å².